The fourth-order valence-electron chi connectivity index (χ4n) is 5.68. The smallest absolute Gasteiger partial charge is 0.310 e. The molecular formula is C38H46ClN3O5. The lowest BCUT2D eigenvalue weighted by atomic mass is 9.83. The van der Waals surface area contributed by atoms with Gasteiger partial charge in [-0.1, -0.05) is 103 Å². The van der Waals surface area contributed by atoms with E-state index in [4.69, 9.17) is 26.8 Å². The number of carbonyl (C=O) groups excluding carboxylic acids is 3. The minimum Gasteiger partial charge on any atom is -0.465 e. The number of hydrogen-bond donors (Lipinski definition) is 2. The molecule has 0 bridgehead atoms. The Morgan fingerprint density at radius 1 is 1.00 bits per heavy atom. The number of carbonyl (C=O) groups is 3. The number of benzene rings is 3. The van der Waals surface area contributed by atoms with E-state index >= 15 is 0 Å². The van der Waals surface area contributed by atoms with Crippen LogP contribution in [-0.4, -0.2) is 60.1 Å². The van der Waals surface area contributed by atoms with Gasteiger partial charge >= 0.3 is 5.97 Å². The number of esters is 1. The van der Waals surface area contributed by atoms with Crippen LogP contribution in [0.2, 0.25) is 5.02 Å². The highest BCUT2D eigenvalue weighted by Gasteiger charge is 2.37. The molecule has 9 heteroatoms. The van der Waals surface area contributed by atoms with E-state index in [-0.39, 0.29) is 30.9 Å². The summed E-state index contributed by atoms with van der Waals surface area (Å²) in [7, 11) is 0. The number of nitrogens with zero attached hydrogens (tertiary/aromatic N) is 1. The first kappa shape index (κ1) is 35.9. The van der Waals surface area contributed by atoms with Crippen molar-refractivity contribution in [3.05, 3.63) is 119 Å². The van der Waals surface area contributed by atoms with Crippen molar-refractivity contribution in [3.63, 3.8) is 0 Å². The van der Waals surface area contributed by atoms with Gasteiger partial charge in [0.1, 0.15) is 12.6 Å². The van der Waals surface area contributed by atoms with Crippen molar-refractivity contribution in [3.8, 4) is 0 Å². The van der Waals surface area contributed by atoms with Gasteiger partial charge in [0.15, 0.2) is 0 Å². The van der Waals surface area contributed by atoms with Crippen LogP contribution in [0.5, 0.6) is 0 Å². The zero-order chi connectivity index (χ0) is 33.8. The molecule has 1 aliphatic heterocycles. The summed E-state index contributed by atoms with van der Waals surface area (Å²) >= 11 is 6.30. The fraction of sp³-hybridized carbons (Fsp3) is 0.395. The second kappa shape index (κ2) is 17.3. The second-order valence-corrected chi connectivity index (χ2v) is 13.1. The van der Waals surface area contributed by atoms with E-state index < -0.39 is 29.5 Å². The van der Waals surface area contributed by atoms with E-state index in [0.717, 1.165) is 29.5 Å². The molecule has 5 atom stereocenters. The third-order valence-electron chi connectivity index (χ3n) is 8.36. The lowest BCUT2D eigenvalue weighted by Crippen LogP contribution is -2.57. The van der Waals surface area contributed by atoms with Crippen LogP contribution in [0.4, 0.5) is 0 Å². The van der Waals surface area contributed by atoms with Crippen molar-refractivity contribution < 1.29 is 23.9 Å². The minimum atomic E-state index is -0.914. The van der Waals surface area contributed by atoms with E-state index in [1.807, 2.05) is 104 Å². The summed E-state index contributed by atoms with van der Waals surface area (Å²) in [4.78, 5) is 41.4. The summed E-state index contributed by atoms with van der Waals surface area (Å²) in [6.07, 6.45) is 5.79. The Hall–Kier alpha value is -3.98. The fourth-order valence-corrected chi connectivity index (χ4v) is 5.89. The van der Waals surface area contributed by atoms with Crippen LogP contribution in [0.1, 0.15) is 50.3 Å². The molecule has 1 saturated heterocycles. The summed E-state index contributed by atoms with van der Waals surface area (Å²) in [5, 5.41) is 3.47. The molecule has 1 aliphatic rings. The van der Waals surface area contributed by atoms with Crippen molar-refractivity contribution in [2.45, 2.75) is 77.3 Å². The third kappa shape index (κ3) is 11.1. The predicted molar refractivity (Wildman–Crippen MR) is 185 cm³/mol. The number of halogens is 1. The van der Waals surface area contributed by atoms with Crippen LogP contribution in [0.15, 0.2) is 97.1 Å². The Morgan fingerprint density at radius 3 is 2.32 bits per heavy atom. The van der Waals surface area contributed by atoms with E-state index in [0.29, 0.717) is 24.6 Å². The number of nitrogens with two attached hydrogens (primary N) is 1. The highest BCUT2D eigenvalue weighted by Crippen LogP contribution is 2.29. The number of ether oxygens (including phenoxy) is 2. The summed E-state index contributed by atoms with van der Waals surface area (Å²) in [5.41, 5.74) is 8.14. The van der Waals surface area contributed by atoms with E-state index in [1.54, 1.807) is 18.7 Å². The monoisotopic (exact) mass is 659 g/mol. The first-order valence-electron chi connectivity index (χ1n) is 16.2. The van der Waals surface area contributed by atoms with Gasteiger partial charge in [0.05, 0.1) is 31.2 Å². The molecule has 3 aromatic carbocycles. The lowest BCUT2D eigenvalue weighted by molar-refractivity contribution is -0.145. The predicted octanol–water partition coefficient (Wildman–Crippen LogP) is 5.66. The molecule has 3 N–H and O–H groups in total. The molecular weight excluding hydrogens is 614 g/mol. The van der Waals surface area contributed by atoms with E-state index in [2.05, 4.69) is 5.32 Å². The van der Waals surface area contributed by atoms with Crippen molar-refractivity contribution in [1.82, 2.24) is 10.2 Å². The van der Waals surface area contributed by atoms with Gasteiger partial charge in [-0.3, -0.25) is 14.4 Å². The molecule has 0 radical (unpaired) electrons. The average Bonchev–Trinajstić information content (AvgIpc) is 3.54. The highest BCUT2D eigenvalue weighted by molar-refractivity contribution is 6.30. The molecule has 0 spiro atoms. The first-order chi connectivity index (χ1) is 22.5. The molecule has 4 unspecified atom stereocenters. The normalized spacial score (nSPS) is 17.9. The number of rotatable bonds is 15. The van der Waals surface area contributed by atoms with Gasteiger partial charge in [-0.15, -0.1) is 0 Å². The number of nitrogens with one attached hydrogen (secondary N) is 1. The molecule has 0 aromatic heterocycles. The SMILES string of the molecule is CC(N)C(=O)NC(C(=O)N1CCCC1/C=C/[C@](C)(COC(=O)Cc1ccccc1)Cc1cccc(Cl)c1)C(C)OCc1ccccc1. The largest absolute Gasteiger partial charge is 0.465 e. The molecule has 0 saturated carbocycles. The molecule has 1 fully saturated rings. The molecule has 1 heterocycles. The Balaban J connectivity index is 1.51. The Labute approximate surface area is 283 Å². The van der Waals surface area contributed by atoms with Gasteiger partial charge in [0.2, 0.25) is 11.8 Å². The number of hydrogen-bond acceptors (Lipinski definition) is 6. The summed E-state index contributed by atoms with van der Waals surface area (Å²) in [6, 6.07) is 24.9. The van der Waals surface area contributed by atoms with Gasteiger partial charge in [-0.2, -0.15) is 0 Å². The zero-order valence-corrected chi connectivity index (χ0v) is 28.2. The van der Waals surface area contributed by atoms with Crippen LogP contribution < -0.4 is 11.1 Å². The van der Waals surface area contributed by atoms with Crippen molar-refractivity contribution in [2.75, 3.05) is 13.2 Å². The Morgan fingerprint density at radius 2 is 1.66 bits per heavy atom. The molecule has 2 amide bonds. The minimum absolute atomic E-state index is 0.153. The van der Waals surface area contributed by atoms with Gasteiger partial charge in [0.25, 0.3) is 0 Å². The summed E-state index contributed by atoms with van der Waals surface area (Å²) < 4.78 is 11.9. The molecule has 0 aliphatic carbocycles. The molecule has 4 rings (SSSR count). The third-order valence-corrected chi connectivity index (χ3v) is 8.59. The van der Waals surface area contributed by atoms with Gasteiger partial charge < -0.3 is 25.4 Å². The molecule has 3 aromatic rings. The Bertz CT molecular complexity index is 1500. The average molecular weight is 660 g/mol. The second-order valence-electron chi connectivity index (χ2n) is 12.7. The van der Waals surface area contributed by atoms with Gasteiger partial charge in [-0.25, -0.2) is 0 Å². The van der Waals surface area contributed by atoms with Crippen LogP contribution in [-0.2, 0) is 43.3 Å². The molecule has 250 valence electrons. The first-order valence-corrected chi connectivity index (χ1v) is 16.6. The standard InChI is InChI=1S/C38H46ClN3O5/c1-27(40)36(44)41-35(28(2)46-25-30-14-8-5-9-15-30)37(45)42-21-11-18-33(42)19-20-38(3,24-31-16-10-17-32(39)22-31)26-47-34(43)23-29-12-6-4-7-13-29/h4-10,12-17,19-20,22,27-28,33,35H,11,18,21,23-26,40H2,1-3H3,(H,41,44)/b20-19+/t27?,28?,33?,35?,38-/m0/s1. The summed E-state index contributed by atoms with van der Waals surface area (Å²) in [5.74, 6) is -0.953. The van der Waals surface area contributed by atoms with Crippen molar-refractivity contribution in [2.24, 2.45) is 11.1 Å². The topological polar surface area (TPSA) is 111 Å². The van der Waals surface area contributed by atoms with Crippen LogP contribution >= 0.6 is 11.6 Å². The zero-order valence-electron chi connectivity index (χ0n) is 27.4. The van der Waals surface area contributed by atoms with E-state index in [9.17, 15) is 14.4 Å². The van der Waals surface area contributed by atoms with Crippen molar-refractivity contribution >= 4 is 29.4 Å². The number of amides is 2. The number of likely N-dealkylation sites (tertiary alicyclic amines) is 1. The molecule has 47 heavy (non-hydrogen) atoms. The van der Waals surface area contributed by atoms with Crippen LogP contribution in [0.3, 0.4) is 0 Å². The summed E-state index contributed by atoms with van der Waals surface area (Å²) in [6.45, 7) is 6.40. The maximum Gasteiger partial charge on any atom is 0.310 e. The van der Waals surface area contributed by atoms with Gasteiger partial charge in [-0.05, 0) is 61.9 Å². The highest BCUT2D eigenvalue weighted by atomic mass is 35.5. The van der Waals surface area contributed by atoms with Gasteiger partial charge in [0, 0.05) is 17.0 Å². The maximum atomic E-state index is 14.1. The lowest BCUT2D eigenvalue weighted by Gasteiger charge is -2.32. The van der Waals surface area contributed by atoms with E-state index in [1.165, 1.54) is 0 Å². The van der Waals surface area contributed by atoms with Crippen LogP contribution in [0.25, 0.3) is 0 Å². The van der Waals surface area contributed by atoms with Crippen LogP contribution in [0, 0.1) is 5.41 Å². The van der Waals surface area contributed by atoms with Crippen molar-refractivity contribution in [1.29, 1.82) is 0 Å². The Kier molecular flexibility index (Phi) is 13.2. The quantitative estimate of drug-likeness (QED) is 0.161. The molecule has 8 nitrogen and oxygen atoms in total. The maximum absolute atomic E-state index is 14.1.